The Bertz CT molecular complexity index is 1300. The average Bonchev–Trinajstić information content (AvgIpc) is 3.28. The number of hydrogen-bond acceptors (Lipinski definition) is 2. The number of alkyl halides is 5. The number of carboxylic acid groups (broad SMARTS) is 1. The highest BCUT2D eigenvalue weighted by atomic mass is 19.4. The summed E-state index contributed by atoms with van der Waals surface area (Å²) in [6.07, 6.45) is -3.67. The number of carbonyl (C=O) groups is 2. The molecule has 1 aliphatic heterocycles. The fraction of sp³-hybridized carbons (Fsp3) is 0.533. The van der Waals surface area contributed by atoms with Crippen molar-refractivity contribution in [3.63, 3.8) is 0 Å². The molecule has 0 spiro atoms. The Morgan fingerprint density at radius 1 is 1.00 bits per heavy atom. The molecule has 1 saturated heterocycles. The van der Waals surface area contributed by atoms with E-state index in [9.17, 15) is 41.0 Å². The number of halogens is 6. The van der Waals surface area contributed by atoms with E-state index in [1.54, 1.807) is 23.1 Å². The summed E-state index contributed by atoms with van der Waals surface area (Å²) in [6.45, 7) is 0.872. The largest absolute Gasteiger partial charge is 0.479 e. The van der Waals surface area contributed by atoms with Crippen LogP contribution in [0.1, 0.15) is 67.7 Å². The molecule has 1 unspecified atom stereocenters. The molecule has 2 fully saturated rings. The van der Waals surface area contributed by atoms with E-state index in [0.29, 0.717) is 44.7 Å². The smallest absolute Gasteiger partial charge is 0.426 e. The number of nitrogens with zero attached hydrogens (tertiary/aromatic N) is 1. The third kappa shape index (κ3) is 4.67. The van der Waals surface area contributed by atoms with Crippen LogP contribution in [0.3, 0.4) is 0 Å². The molecule has 1 N–H and O–H groups in total. The monoisotopic (exact) mass is 567 g/mol. The lowest BCUT2D eigenvalue weighted by Crippen LogP contribution is -2.51. The Kier molecular flexibility index (Phi) is 6.98. The summed E-state index contributed by atoms with van der Waals surface area (Å²) in [5.74, 6) is -2.62. The molecule has 1 saturated carbocycles. The molecule has 216 valence electrons. The predicted octanol–water partition coefficient (Wildman–Crippen LogP) is 6.58. The van der Waals surface area contributed by atoms with E-state index in [4.69, 9.17) is 0 Å². The molecule has 10 heteroatoms. The van der Waals surface area contributed by atoms with E-state index in [1.807, 2.05) is 0 Å². The van der Waals surface area contributed by atoms with E-state index in [2.05, 4.69) is 0 Å². The first-order valence-electron chi connectivity index (χ1n) is 13.5. The lowest BCUT2D eigenvalue weighted by molar-refractivity contribution is -0.228. The van der Waals surface area contributed by atoms with Crippen LogP contribution >= 0.6 is 0 Å². The minimum Gasteiger partial charge on any atom is -0.479 e. The molecule has 3 atom stereocenters. The fourth-order valence-corrected chi connectivity index (χ4v) is 7.02. The van der Waals surface area contributed by atoms with E-state index in [-0.39, 0.29) is 37.6 Å². The number of carboxylic acids is 1. The van der Waals surface area contributed by atoms with Gasteiger partial charge in [0.05, 0.1) is 0 Å². The number of carbonyl (C=O) groups excluding carboxylic acids is 1. The summed E-state index contributed by atoms with van der Waals surface area (Å²) in [5.41, 5.74) is -4.88. The molecule has 0 radical (unpaired) electrons. The number of amides is 1. The van der Waals surface area contributed by atoms with Gasteiger partial charge in [0.1, 0.15) is 5.82 Å². The van der Waals surface area contributed by atoms with E-state index in [0.717, 1.165) is 11.1 Å². The molecule has 0 aromatic heterocycles. The molecule has 0 bridgehead atoms. The van der Waals surface area contributed by atoms with Crippen LogP contribution in [0.15, 0.2) is 42.5 Å². The van der Waals surface area contributed by atoms with Gasteiger partial charge in [-0.05, 0) is 92.7 Å². The van der Waals surface area contributed by atoms with Gasteiger partial charge in [0.25, 0.3) is 0 Å². The van der Waals surface area contributed by atoms with Gasteiger partial charge < -0.3 is 10.0 Å². The summed E-state index contributed by atoms with van der Waals surface area (Å²) >= 11 is 0. The first kappa shape index (κ1) is 28.5. The van der Waals surface area contributed by atoms with Crippen LogP contribution in [-0.4, -0.2) is 46.3 Å². The molecule has 1 heterocycles. The van der Waals surface area contributed by atoms with Crippen LogP contribution in [0.5, 0.6) is 0 Å². The molecular formula is C30H31F6NO3. The van der Waals surface area contributed by atoms with Crippen molar-refractivity contribution in [2.45, 2.75) is 87.3 Å². The van der Waals surface area contributed by atoms with Crippen LogP contribution in [0.25, 0.3) is 0 Å². The zero-order valence-electron chi connectivity index (χ0n) is 22.0. The van der Waals surface area contributed by atoms with Gasteiger partial charge in [0.2, 0.25) is 17.2 Å². The van der Waals surface area contributed by atoms with Crippen molar-refractivity contribution in [3.8, 4) is 0 Å². The lowest BCUT2D eigenvalue weighted by atomic mass is 9.63. The SMILES string of the molecule is CC(F)(c1ccc2c(c1)CC[C@H]1N(C(=O)[C@H]3CC[C@](F)(C(=O)O)CC3)CC[C@@]21Cc1ccc(F)cc1)C(F)(F)F. The van der Waals surface area contributed by atoms with Crippen molar-refractivity contribution < 1.29 is 41.0 Å². The highest BCUT2D eigenvalue weighted by Crippen LogP contribution is 2.51. The topological polar surface area (TPSA) is 57.6 Å². The standard InChI is InChI=1S/C30H31F6NO3/c1-27(32,30(34,35)36)21-5-8-23-20(16-21)4-9-24-28(23,17-18-2-6-22(31)7-3-18)14-15-37(24)25(38)19-10-12-29(33,13-11-19)26(39)40/h2-3,5-8,16,19,24H,4,9-15,17H2,1H3,(H,39,40)/t19-,24-,27?,28-,29+/m1/s1. The number of aliphatic carboxylic acids is 1. The van der Waals surface area contributed by atoms with Crippen molar-refractivity contribution in [1.29, 1.82) is 0 Å². The molecule has 3 aliphatic rings. The number of benzene rings is 2. The summed E-state index contributed by atoms with van der Waals surface area (Å²) in [5, 5.41) is 9.21. The van der Waals surface area contributed by atoms with Crippen molar-refractivity contribution in [2.24, 2.45) is 5.92 Å². The predicted molar refractivity (Wildman–Crippen MR) is 135 cm³/mol. The van der Waals surface area contributed by atoms with Crippen LogP contribution in [-0.2, 0) is 33.5 Å². The molecular weight excluding hydrogens is 536 g/mol. The van der Waals surface area contributed by atoms with Crippen molar-refractivity contribution >= 4 is 11.9 Å². The molecule has 2 aromatic rings. The number of aryl methyl sites for hydroxylation is 1. The van der Waals surface area contributed by atoms with Crippen LogP contribution in [0.2, 0.25) is 0 Å². The Balaban J connectivity index is 1.49. The Morgan fingerprint density at radius 2 is 1.65 bits per heavy atom. The van der Waals surface area contributed by atoms with Crippen molar-refractivity contribution in [3.05, 3.63) is 70.5 Å². The van der Waals surface area contributed by atoms with Crippen molar-refractivity contribution in [1.82, 2.24) is 4.90 Å². The Morgan fingerprint density at radius 3 is 2.25 bits per heavy atom. The van der Waals surface area contributed by atoms with Gasteiger partial charge >= 0.3 is 12.1 Å². The zero-order chi connectivity index (χ0) is 29.1. The van der Waals surface area contributed by atoms with Crippen molar-refractivity contribution in [2.75, 3.05) is 6.54 Å². The van der Waals surface area contributed by atoms with Crippen LogP contribution < -0.4 is 0 Å². The molecule has 1 amide bonds. The summed E-state index contributed by atoms with van der Waals surface area (Å²) < 4.78 is 83.5. The Labute approximate surface area is 228 Å². The molecule has 2 aromatic carbocycles. The summed E-state index contributed by atoms with van der Waals surface area (Å²) in [7, 11) is 0. The summed E-state index contributed by atoms with van der Waals surface area (Å²) in [4.78, 5) is 26.8. The maximum Gasteiger partial charge on any atom is 0.426 e. The maximum atomic E-state index is 14.8. The normalized spacial score (nSPS) is 29.8. The minimum atomic E-state index is -5.08. The van der Waals surface area contributed by atoms with Crippen LogP contribution in [0, 0.1) is 11.7 Å². The van der Waals surface area contributed by atoms with Gasteiger partial charge in [0, 0.05) is 23.9 Å². The second kappa shape index (κ2) is 9.80. The average molecular weight is 568 g/mol. The van der Waals surface area contributed by atoms with Gasteiger partial charge in [0.15, 0.2) is 0 Å². The van der Waals surface area contributed by atoms with Gasteiger partial charge in [-0.3, -0.25) is 4.79 Å². The zero-order valence-corrected chi connectivity index (χ0v) is 22.0. The van der Waals surface area contributed by atoms with E-state index >= 15 is 0 Å². The van der Waals surface area contributed by atoms with Crippen LogP contribution in [0.4, 0.5) is 26.3 Å². The second-order valence-corrected chi connectivity index (χ2v) is 11.7. The molecule has 5 rings (SSSR count). The number of rotatable bonds is 5. The lowest BCUT2D eigenvalue weighted by Gasteiger charge is -2.45. The highest BCUT2D eigenvalue weighted by Gasteiger charge is 2.56. The third-order valence-electron chi connectivity index (χ3n) is 9.44. The quantitative estimate of drug-likeness (QED) is 0.415. The molecule has 2 aliphatic carbocycles. The third-order valence-corrected chi connectivity index (χ3v) is 9.44. The number of hydrogen-bond donors (Lipinski definition) is 1. The highest BCUT2D eigenvalue weighted by molar-refractivity contribution is 5.82. The second-order valence-electron chi connectivity index (χ2n) is 11.7. The van der Waals surface area contributed by atoms with Gasteiger partial charge in [-0.15, -0.1) is 0 Å². The van der Waals surface area contributed by atoms with E-state index < -0.39 is 46.2 Å². The fourth-order valence-electron chi connectivity index (χ4n) is 7.02. The first-order valence-corrected chi connectivity index (χ1v) is 13.5. The van der Waals surface area contributed by atoms with Gasteiger partial charge in [-0.2, -0.15) is 13.2 Å². The summed E-state index contributed by atoms with van der Waals surface area (Å²) in [6, 6.07) is 9.62. The minimum absolute atomic E-state index is 0.113. The molecule has 40 heavy (non-hydrogen) atoms. The first-order chi connectivity index (χ1) is 18.7. The van der Waals surface area contributed by atoms with Gasteiger partial charge in [-0.25, -0.2) is 18.0 Å². The van der Waals surface area contributed by atoms with E-state index in [1.165, 1.54) is 24.3 Å². The number of fused-ring (bicyclic) bond motifs is 3. The number of likely N-dealkylation sites (tertiary alicyclic amines) is 1. The Hall–Kier alpha value is -3.04. The maximum absolute atomic E-state index is 14.8. The van der Waals surface area contributed by atoms with Gasteiger partial charge in [-0.1, -0.05) is 30.3 Å². The molecule has 4 nitrogen and oxygen atoms in total.